The quantitative estimate of drug-likeness (QED) is 0.591. The largest absolute Gasteiger partial charge is 0.325 e. The first-order valence-electron chi connectivity index (χ1n) is 4.60. The van der Waals surface area contributed by atoms with Gasteiger partial charge in [-0.3, -0.25) is 0 Å². The first-order valence-corrected chi connectivity index (χ1v) is 4.60. The van der Waals surface area contributed by atoms with Crippen LogP contribution < -0.4 is 5.73 Å². The molecule has 0 aromatic heterocycles. The van der Waals surface area contributed by atoms with E-state index < -0.39 is 0 Å². The van der Waals surface area contributed by atoms with Gasteiger partial charge in [0.15, 0.2) is 0 Å². The molecule has 0 heterocycles. The molecule has 1 heteroatoms. The molecule has 0 spiro atoms. The van der Waals surface area contributed by atoms with Gasteiger partial charge >= 0.3 is 0 Å². The van der Waals surface area contributed by atoms with Crippen molar-refractivity contribution in [2.45, 2.75) is 50.5 Å². The molecule has 2 aliphatic carbocycles. The van der Waals surface area contributed by atoms with Gasteiger partial charge in [-0.15, -0.1) is 0 Å². The highest BCUT2D eigenvalue weighted by molar-refractivity contribution is 4.99. The third kappa shape index (κ3) is 0.878. The number of hydrogen-bond acceptors (Lipinski definition) is 1. The zero-order valence-corrected chi connectivity index (χ0v) is 6.60. The molecule has 10 heavy (non-hydrogen) atoms. The highest BCUT2D eigenvalue weighted by Crippen LogP contribution is 2.43. The zero-order chi connectivity index (χ0) is 7.03. The molecular weight excluding hydrogens is 122 g/mol. The number of nitrogens with two attached hydrogens (primary N) is 1. The molecular formula is C9H17N. The van der Waals surface area contributed by atoms with E-state index in [-0.39, 0.29) is 0 Å². The van der Waals surface area contributed by atoms with Crippen LogP contribution in [0.15, 0.2) is 0 Å². The van der Waals surface area contributed by atoms with E-state index in [1.165, 1.54) is 44.9 Å². The van der Waals surface area contributed by atoms with E-state index in [1.54, 1.807) is 0 Å². The van der Waals surface area contributed by atoms with Gasteiger partial charge < -0.3 is 5.73 Å². The van der Waals surface area contributed by atoms with E-state index in [9.17, 15) is 0 Å². The van der Waals surface area contributed by atoms with Crippen LogP contribution in [0.1, 0.15) is 44.9 Å². The minimum atomic E-state index is 0.302. The minimum absolute atomic E-state index is 0.302. The van der Waals surface area contributed by atoms with Crippen LogP contribution in [0.2, 0.25) is 0 Å². The van der Waals surface area contributed by atoms with Crippen LogP contribution in [0.5, 0.6) is 0 Å². The van der Waals surface area contributed by atoms with E-state index in [2.05, 4.69) is 0 Å². The molecule has 1 nitrogen and oxygen atoms in total. The summed E-state index contributed by atoms with van der Waals surface area (Å²) in [6, 6.07) is 0. The zero-order valence-electron chi connectivity index (χ0n) is 6.60. The van der Waals surface area contributed by atoms with E-state index in [0.29, 0.717) is 5.54 Å². The average molecular weight is 139 g/mol. The van der Waals surface area contributed by atoms with Gasteiger partial charge in [0.25, 0.3) is 0 Å². The lowest BCUT2D eigenvalue weighted by Gasteiger charge is -2.43. The maximum Gasteiger partial charge on any atom is 0.0182 e. The Bertz CT molecular complexity index is 121. The van der Waals surface area contributed by atoms with Crippen molar-refractivity contribution in [2.24, 2.45) is 11.7 Å². The Hall–Kier alpha value is -0.0400. The molecule has 0 atom stereocenters. The summed E-state index contributed by atoms with van der Waals surface area (Å²) >= 11 is 0. The molecule has 2 rings (SSSR count). The van der Waals surface area contributed by atoms with Gasteiger partial charge in [0, 0.05) is 5.54 Å². The Kier molecular flexibility index (Phi) is 1.48. The Balaban J connectivity index is 1.96. The number of hydrogen-bond donors (Lipinski definition) is 1. The third-order valence-electron chi connectivity index (χ3n) is 3.45. The van der Waals surface area contributed by atoms with Crippen LogP contribution in [0.4, 0.5) is 0 Å². The first-order chi connectivity index (χ1) is 4.81. The van der Waals surface area contributed by atoms with Crippen LogP contribution in [0, 0.1) is 5.92 Å². The molecule has 58 valence electrons. The molecule has 0 radical (unpaired) electrons. The molecule has 2 N–H and O–H groups in total. The van der Waals surface area contributed by atoms with Gasteiger partial charge in [-0.2, -0.15) is 0 Å². The van der Waals surface area contributed by atoms with Gasteiger partial charge in [0.05, 0.1) is 0 Å². The van der Waals surface area contributed by atoms with Gasteiger partial charge in [-0.1, -0.05) is 12.8 Å². The summed E-state index contributed by atoms with van der Waals surface area (Å²) in [7, 11) is 0. The van der Waals surface area contributed by atoms with Crippen molar-refractivity contribution in [2.75, 3.05) is 0 Å². The lowest BCUT2D eigenvalue weighted by Crippen LogP contribution is -2.51. The van der Waals surface area contributed by atoms with Crippen molar-refractivity contribution in [1.29, 1.82) is 0 Å². The van der Waals surface area contributed by atoms with Crippen molar-refractivity contribution in [3.05, 3.63) is 0 Å². The Labute approximate surface area is 63.0 Å². The maximum atomic E-state index is 6.21. The lowest BCUT2D eigenvalue weighted by atomic mass is 9.68. The van der Waals surface area contributed by atoms with Crippen LogP contribution in [0.25, 0.3) is 0 Å². The fraction of sp³-hybridized carbons (Fsp3) is 1.00. The second-order valence-electron chi connectivity index (χ2n) is 4.07. The summed E-state index contributed by atoms with van der Waals surface area (Å²) in [5, 5.41) is 0. The molecule has 0 bridgehead atoms. The fourth-order valence-electron chi connectivity index (χ4n) is 2.49. The highest BCUT2D eigenvalue weighted by Gasteiger charge is 2.40. The fourth-order valence-corrected chi connectivity index (χ4v) is 2.49. The maximum absolute atomic E-state index is 6.21. The second kappa shape index (κ2) is 2.23. The second-order valence-corrected chi connectivity index (χ2v) is 4.07. The SMILES string of the molecule is NC1(C2CCCC2)CCC1. The summed E-state index contributed by atoms with van der Waals surface area (Å²) in [6.45, 7) is 0. The summed E-state index contributed by atoms with van der Waals surface area (Å²) in [5.74, 6) is 0.890. The van der Waals surface area contributed by atoms with Crippen LogP contribution in [0.3, 0.4) is 0 Å². The van der Waals surface area contributed by atoms with Gasteiger partial charge in [0.1, 0.15) is 0 Å². The lowest BCUT2D eigenvalue weighted by molar-refractivity contribution is 0.155. The molecule has 0 amide bonds. The molecule has 0 aliphatic heterocycles. The smallest absolute Gasteiger partial charge is 0.0182 e. The van der Waals surface area contributed by atoms with Crippen molar-refractivity contribution in [1.82, 2.24) is 0 Å². The summed E-state index contributed by atoms with van der Waals surface area (Å²) < 4.78 is 0. The Morgan fingerprint density at radius 1 is 1.00 bits per heavy atom. The van der Waals surface area contributed by atoms with E-state index in [1.807, 2.05) is 0 Å². The average Bonchev–Trinajstić information content (AvgIpc) is 2.33. The normalized spacial score (nSPS) is 32.1. The van der Waals surface area contributed by atoms with Crippen molar-refractivity contribution < 1.29 is 0 Å². The van der Waals surface area contributed by atoms with Crippen molar-refractivity contribution >= 4 is 0 Å². The Morgan fingerprint density at radius 3 is 2.00 bits per heavy atom. The molecule has 0 unspecified atom stereocenters. The predicted molar refractivity (Wildman–Crippen MR) is 42.7 cm³/mol. The number of rotatable bonds is 1. The van der Waals surface area contributed by atoms with Crippen LogP contribution in [-0.2, 0) is 0 Å². The molecule has 2 aliphatic rings. The van der Waals surface area contributed by atoms with Crippen molar-refractivity contribution in [3.8, 4) is 0 Å². The first kappa shape index (κ1) is 6.66. The van der Waals surface area contributed by atoms with E-state index in [0.717, 1.165) is 5.92 Å². The van der Waals surface area contributed by atoms with Gasteiger partial charge in [-0.05, 0) is 38.0 Å². The van der Waals surface area contributed by atoms with Gasteiger partial charge in [0.2, 0.25) is 0 Å². The van der Waals surface area contributed by atoms with Crippen molar-refractivity contribution in [3.63, 3.8) is 0 Å². The summed E-state index contributed by atoms with van der Waals surface area (Å²) in [4.78, 5) is 0. The molecule has 2 fully saturated rings. The van der Waals surface area contributed by atoms with E-state index in [4.69, 9.17) is 5.73 Å². The molecule has 0 saturated heterocycles. The summed E-state index contributed by atoms with van der Waals surface area (Å²) in [5.41, 5.74) is 6.51. The molecule has 2 saturated carbocycles. The topological polar surface area (TPSA) is 26.0 Å². The van der Waals surface area contributed by atoms with Crippen LogP contribution in [-0.4, -0.2) is 5.54 Å². The monoisotopic (exact) mass is 139 g/mol. The molecule has 0 aromatic carbocycles. The minimum Gasteiger partial charge on any atom is -0.325 e. The molecule has 0 aromatic rings. The predicted octanol–water partition coefficient (Wildman–Crippen LogP) is 2.06. The van der Waals surface area contributed by atoms with E-state index >= 15 is 0 Å². The highest BCUT2D eigenvalue weighted by atomic mass is 14.8. The van der Waals surface area contributed by atoms with Crippen LogP contribution >= 0.6 is 0 Å². The van der Waals surface area contributed by atoms with Gasteiger partial charge in [-0.25, -0.2) is 0 Å². The Morgan fingerprint density at radius 2 is 1.60 bits per heavy atom. The summed E-state index contributed by atoms with van der Waals surface area (Å²) in [6.07, 6.45) is 9.68. The third-order valence-corrected chi connectivity index (χ3v) is 3.45. The standard InChI is InChI=1S/C9H17N/c10-9(6-3-7-9)8-4-1-2-5-8/h8H,1-7,10H2.